The zero-order chi connectivity index (χ0) is 19.6. The molecule has 1 heterocycles. The van der Waals surface area contributed by atoms with Crippen molar-refractivity contribution in [1.29, 1.82) is 0 Å². The zero-order valence-corrected chi connectivity index (χ0v) is 20.8. The minimum absolute atomic E-state index is 0. The molecule has 0 spiro atoms. The van der Waals surface area contributed by atoms with Gasteiger partial charge in [-0.25, -0.2) is 0 Å². The van der Waals surface area contributed by atoms with E-state index in [1.54, 1.807) is 0 Å². The molecule has 2 atom stereocenters. The van der Waals surface area contributed by atoms with Crippen LogP contribution in [0, 0.1) is 0 Å². The van der Waals surface area contributed by atoms with Gasteiger partial charge in [-0.15, -0.1) is 24.0 Å². The largest absolute Gasteiger partial charge is 0.381 e. The van der Waals surface area contributed by atoms with Crippen LogP contribution in [-0.4, -0.2) is 49.4 Å². The third-order valence-electron chi connectivity index (χ3n) is 5.46. The van der Waals surface area contributed by atoms with Crippen LogP contribution in [0.1, 0.15) is 50.2 Å². The summed E-state index contributed by atoms with van der Waals surface area (Å²) in [4.78, 5) is 4.41. The molecule has 1 saturated heterocycles. The predicted molar refractivity (Wildman–Crippen MR) is 133 cm³/mol. The average molecular weight is 534 g/mol. The summed E-state index contributed by atoms with van der Waals surface area (Å²) < 4.78 is 11.4. The van der Waals surface area contributed by atoms with E-state index < -0.39 is 0 Å². The normalized spacial score (nSPS) is 22.9. The van der Waals surface area contributed by atoms with Gasteiger partial charge in [0.15, 0.2) is 5.96 Å². The van der Waals surface area contributed by atoms with Gasteiger partial charge in [0.2, 0.25) is 0 Å². The Bertz CT molecular complexity index is 626. The van der Waals surface area contributed by atoms with Crippen LogP contribution in [0.15, 0.2) is 29.3 Å². The maximum absolute atomic E-state index is 6.05. The highest BCUT2D eigenvalue weighted by Gasteiger charge is 2.25. The van der Waals surface area contributed by atoms with Crippen LogP contribution in [-0.2, 0) is 22.6 Å². The van der Waals surface area contributed by atoms with Gasteiger partial charge in [-0.05, 0) is 49.0 Å². The van der Waals surface area contributed by atoms with E-state index in [2.05, 4.69) is 58.6 Å². The highest BCUT2D eigenvalue weighted by molar-refractivity contribution is 14.0. The number of hydrogen-bond acceptors (Lipinski definition) is 4. The lowest BCUT2D eigenvalue weighted by atomic mass is 10.1. The predicted octanol–water partition coefficient (Wildman–Crippen LogP) is 4.34. The quantitative estimate of drug-likeness (QED) is 0.296. The summed E-state index contributed by atoms with van der Waals surface area (Å²) in [6, 6.07) is 9.17. The summed E-state index contributed by atoms with van der Waals surface area (Å²) in [5, 5.41) is 7.86. The number of ether oxygens (including phenoxy) is 2. The van der Waals surface area contributed by atoms with Gasteiger partial charge >= 0.3 is 0 Å². The third-order valence-corrected chi connectivity index (χ3v) is 6.69. The van der Waals surface area contributed by atoms with Crippen LogP contribution < -0.4 is 10.6 Å². The summed E-state index contributed by atoms with van der Waals surface area (Å²) in [6.07, 6.45) is 6.11. The maximum atomic E-state index is 6.05. The monoisotopic (exact) mass is 533 g/mol. The van der Waals surface area contributed by atoms with Crippen LogP contribution in [0.4, 0.5) is 0 Å². The number of nitrogens with one attached hydrogen (secondary N) is 2. The lowest BCUT2D eigenvalue weighted by molar-refractivity contribution is -0.0390. The molecule has 2 unspecified atom stereocenters. The molecule has 164 valence electrons. The standard InChI is InChI=1S/C22H35N3O2S.HI/c1-3-28-21-8-7-19(14-21)25-22(23-2)24-15-17-5-4-6-18(13-17)16-27-20-9-11-26-12-10-20;/h4-6,13,19-21H,3,7-12,14-16H2,1-2H3,(H2,23,24,25);1H. The van der Waals surface area contributed by atoms with E-state index >= 15 is 0 Å². The summed E-state index contributed by atoms with van der Waals surface area (Å²) >= 11 is 2.08. The Morgan fingerprint density at radius 2 is 2.00 bits per heavy atom. The minimum atomic E-state index is 0. The number of halogens is 1. The summed E-state index contributed by atoms with van der Waals surface area (Å²) in [5.74, 6) is 2.11. The number of aliphatic imine (C=N–C) groups is 1. The molecule has 2 aliphatic rings. The van der Waals surface area contributed by atoms with E-state index in [4.69, 9.17) is 9.47 Å². The van der Waals surface area contributed by atoms with E-state index in [0.29, 0.717) is 18.8 Å². The van der Waals surface area contributed by atoms with Gasteiger partial charge < -0.3 is 20.1 Å². The first-order valence-electron chi connectivity index (χ1n) is 10.6. The Labute approximate surface area is 197 Å². The van der Waals surface area contributed by atoms with Crippen LogP contribution >= 0.6 is 35.7 Å². The van der Waals surface area contributed by atoms with Crippen LogP contribution in [0.3, 0.4) is 0 Å². The summed E-state index contributed by atoms with van der Waals surface area (Å²) in [5.41, 5.74) is 2.48. The van der Waals surface area contributed by atoms with Crippen molar-refractivity contribution in [1.82, 2.24) is 10.6 Å². The van der Waals surface area contributed by atoms with Gasteiger partial charge in [0, 0.05) is 38.1 Å². The van der Waals surface area contributed by atoms with Crippen LogP contribution in [0.25, 0.3) is 0 Å². The Kier molecular flexibility index (Phi) is 11.7. The van der Waals surface area contributed by atoms with Crippen LogP contribution in [0.2, 0.25) is 0 Å². The number of nitrogens with zero attached hydrogens (tertiary/aromatic N) is 1. The molecule has 7 heteroatoms. The molecule has 0 amide bonds. The number of benzene rings is 1. The van der Waals surface area contributed by atoms with Gasteiger partial charge in [-0.2, -0.15) is 11.8 Å². The Morgan fingerprint density at radius 1 is 1.21 bits per heavy atom. The molecule has 1 aliphatic carbocycles. The molecule has 1 aromatic carbocycles. The molecular formula is C22H36IN3O2S. The summed E-state index contributed by atoms with van der Waals surface area (Å²) in [7, 11) is 1.85. The fourth-order valence-corrected chi connectivity index (χ4v) is 5.06. The molecule has 0 radical (unpaired) electrons. The Balaban J connectivity index is 0.00000300. The number of hydrogen-bond donors (Lipinski definition) is 2. The van der Waals surface area contributed by atoms with Crippen molar-refractivity contribution in [3.8, 4) is 0 Å². The first kappa shape index (κ1) is 24.8. The highest BCUT2D eigenvalue weighted by Crippen LogP contribution is 2.29. The summed E-state index contributed by atoms with van der Waals surface area (Å²) in [6.45, 7) is 5.32. The number of rotatable bonds is 8. The van der Waals surface area contributed by atoms with E-state index in [1.165, 1.54) is 36.1 Å². The van der Waals surface area contributed by atoms with Gasteiger partial charge in [0.25, 0.3) is 0 Å². The first-order valence-corrected chi connectivity index (χ1v) is 11.7. The molecule has 0 aromatic heterocycles. The fourth-order valence-electron chi connectivity index (χ4n) is 3.92. The van der Waals surface area contributed by atoms with Crippen molar-refractivity contribution in [2.75, 3.05) is 26.0 Å². The second-order valence-corrected chi connectivity index (χ2v) is 9.18. The van der Waals surface area contributed by atoms with Crippen molar-refractivity contribution in [2.24, 2.45) is 4.99 Å². The first-order chi connectivity index (χ1) is 13.8. The van der Waals surface area contributed by atoms with Crippen molar-refractivity contribution < 1.29 is 9.47 Å². The van der Waals surface area contributed by atoms with Crippen molar-refractivity contribution in [3.05, 3.63) is 35.4 Å². The number of thioether (sulfide) groups is 1. The van der Waals surface area contributed by atoms with Crippen LogP contribution in [0.5, 0.6) is 0 Å². The molecule has 1 aromatic rings. The van der Waals surface area contributed by atoms with Gasteiger partial charge in [-0.3, -0.25) is 4.99 Å². The average Bonchev–Trinajstić information content (AvgIpc) is 3.18. The second kappa shape index (κ2) is 13.7. The lowest BCUT2D eigenvalue weighted by Crippen LogP contribution is -2.42. The topological polar surface area (TPSA) is 54.9 Å². The second-order valence-electron chi connectivity index (χ2n) is 7.60. The molecule has 1 saturated carbocycles. The Hall–Kier alpha value is -0.510. The smallest absolute Gasteiger partial charge is 0.191 e. The van der Waals surface area contributed by atoms with E-state index in [1.807, 2.05) is 7.05 Å². The number of guanidine groups is 1. The van der Waals surface area contributed by atoms with E-state index in [0.717, 1.165) is 43.8 Å². The van der Waals surface area contributed by atoms with E-state index in [-0.39, 0.29) is 24.0 Å². The van der Waals surface area contributed by atoms with Gasteiger partial charge in [0.1, 0.15) is 0 Å². The molecular weight excluding hydrogens is 497 g/mol. The molecule has 0 bridgehead atoms. The molecule has 2 N–H and O–H groups in total. The SMILES string of the molecule is CCSC1CCC(NC(=NC)NCc2cccc(COC3CCOCC3)c2)C1.I. The molecule has 3 rings (SSSR count). The van der Waals surface area contributed by atoms with Gasteiger partial charge in [-0.1, -0.05) is 31.2 Å². The molecule has 2 fully saturated rings. The lowest BCUT2D eigenvalue weighted by Gasteiger charge is -2.22. The van der Waals surface area contributed by atoms with Gasteiger partial charge in [0.05, 0.1) is 12.7 Å². The Morgan fingerprint density at radius 3 is 2.76 bits per heavy atom. The maximum Gasteiger partial charge on any atom is 0.191 e. The third kappa shape index (κ3) is 8.63. The van der Waals surface area contributed by atoms with Crippen molar-refractivity contribution in [2.45, 2.75) is 69.6 Å². The zero-order valence-electron chi connectivity index (χ0n) is 17.7. The molecule has 29 heavy (non-hydrogen) atoms. The van der Waals surface area contributed by atoms with Crippen molar-refractivity contribution in [3.63, 3.8) is 0 Å². The van der Waals surface area contributed by atoms with E-state index in [9.17, 15) is 0 Å². The fraction of sp³-hybridized carbons (Fsp3) is 0.682. The molecule has 1 aliphatic heterocycles. The van der Waals surface area contributed by atoms with Crippen molar-refractivity contribution >= 4 is 41.7 Å². The molecule has 5 nitrogen and oxygen atoms in total. The minimum Gasteiger partial charge on any atom is -0.381 e. The highest BCUT2D eigenvalue weighted by atomic mass is 127.